The van der Waals surface area contributed by atoms with Crippen LogP contribution in [0.3, 0.4) is 0 Å². The zero-order valence-corrected chi connectivity index (χ0v) is 19.4. The van der Waals surface area contributed by atoms with Crippen molar-refractivity contribution in [3.05, 3.63) is 96.6 Å². The van der Waals surface area contributed by atoms with Crippen molar-refractivity contribution < 1.29 is 22.6 Å². The molecule has 0 atom stereocenters. The Hall–Kier alpha value is -3.77. The molecule has 0 radical (unpaired) electrons. The second-order valence-electron chi connectivity index (χ2n) is 7.48. The van der Waals surface area contributed by atoms with Gasteiger partial charge in [0.1, 0.15) is 23.0 Å². The van der Waals surface area contributed by atoms with Crippen LogP contribution in [0.25, 0.3) is 11.1 Å². The van der Waals surface area contributed by atoms with Crippen LogP contribution in [-0.2, 0) is 9.84 Å². The molecule has 0 fully saturated rings. The highest BCUT2D eigenvalue weighted by Crippen LogP contribution is 2.36. The number of hydrogen-bond acceptors (Lipinski definition) is 5. The van der Waals surface area contributed by atoms with Crippen molar-refractivity contribution in [2.24, 2.45) is 0 Å². The summed E-state index contributed by atoms with van der Waals surface area (Å²) < 4.78 is 42.4. The summed E-state index contributed by atoms with van der Waals surface area (Å²) in [5.74, 6) is 2.55. The molecular formula is C27H24O5S. The van der Waals surface area contributed by atoms with Crippen LogP contribution in [0.15, 0.2) is 101 Å². The second kappa shape index (κ2) is 9.38. The fraction of sp³-hybridized carbons (Fsp3) is 0.111. The van der Waals surface area contributed by atoms with Gasteiger partial charge in [-0.25, -0.2) is 8.42 Å². The lowest BCUT2D eigenvalue weighted by molar-refractivity contribution is 0.410. The van der Waals surface area contributed by atoms with Gasteiger partial charge >= 0.3 is 0 Å². The minimum absolute atomic E-state index is 0.214. The van der Waals surface area contributed by atoms with Gasteiger partial charge in [0.05, 0.1) is 24.0 Å². The third-order valence-electron chi connectivity index (χ3n) is 5.28. The minimum atomic E-state index is -3.58. The average molecular weight is 461 g/mol. The summed E-state index contributed by atoms with van der Waals surface area (Å²) in [4.78, 5) is 0.478. The summed E-state index contributed by atoms with van der Waals surface area (Å²) in [6.45, 7) is 1.92. The first kappa shape index (κ1) is 22.4. The van der Waals surface area contributed by atoms with Crippen LogP contribution in [0, 0.1) is 6.92 Å². The van der Waals surface area contributed by atoms with Crippen LogP contribution < -0.4 is 14.2 Å². The van der Waals surface area contributed by atoms with Crippen molar-refractivity contribution in [2.45, 2.75) is 16.7 Å². The number of hydrogen-bond donors (Lipinski definition) is 0. The van der Waals surface area contributed by atoms with Crippen LogP contribution in [-0.4, -0.2) is 22.6 Å². The van der Waals surface area contributed by atoms with Gasteiger partial charge in [0, 0.05) is 11.6 Å². The Morgan fingerprint density at radius 3 is 1.73 bits per heavy atom. The Bertz CT molecular complexity index is 1340. The molecular weight excluding hydrogens is 436 g/mol. The normalized spacial score (nSPS) is 11.1. The maximum atomic E-state index is 12.8. The maximum Gasteiger partial charge on any atom is 0.206 e. The van der Waals surface area contributed by atoms with Gasteiger partial charge in [-0.3, -0.25) is 0 Å². The molecule has 6 heteroatoms. The van der Waals surface area contributed by atoms with Crippen LogP contribution >= 0.6 is 0 Å². The van der Waals surface area contributed by atoms with Crippen molar-refractivity contribution in [2.75, 3.05) is 14.2 Å². The summed E-state index contributed by atoms with van der Waals surface area (Å²) in [6.07, 6.45) is 0. The van der Waals surface area contributed by atoms with E-state index in [1.54, 1.807) is 68.8 Å². The van der Waals surface area contributed by atoms with Crippen LogP contribution in [0.2, 0.25) is 0 Å². The van der Waals surface area contributed by atoms with E-state index in [1.165, 1.54) is 0 Å². The van der Waals surface area contributed by atoms with E-state index in [4.69, 9.17) is 14.2 Å². The van der Waals surface area contributed by atoms with Crippen molar-refractivity contribution in [3.63, 3.8) is 0 Å². The van der Waals surface area contributed by atoms with E-state index in [-0.39, 0.29) is 9.79 Å². The molecule has 0 aromatic heterocycles. The van der Waals surface area contributed by atoms with Gasteiger partial charge in [-0.2, -0.15) is 0 Å². The molecule has 0 aliphatic heterocycles. The number of rotatable bonds is 7. The third kappa shape index (κ3) is 4.86. The van der Waals surface area contributed by atoms with Gasteiger partial charge in [0.15, 0.2) is 0 Å². The second-order valence-corrected chi connectivity index (χ2v) is 9.43. The highest BCUT2D eigenvalue weighted by Gasteiger charge is 2.17. The third-order valence-corrected chi connectivity index (χ3v) is 7.06. The predicted molar refractivity (Wildman–Crippen MR) is 128 cm³/mol. The Morgan fingerprint density at radius 2 is 1.15 bits per heavy atom. The van der Waals surface area contributed by atoms with Crippen molar-refractivity contribution >= 4 is 9.84 Å². The van der Waals surface area contributed by atoms with E-state index in [1.807, 2.05) is 43.3 Å². The number of benzene rings is 4. The minimum Gasteiger partial charge on any atom is -0.497 e. The van der Waals surface area contributed by atoms with Crippen molar-refractivity contribution in [1.29, 1.82) is 0 Å². The SMILES string of the molecule is COc1ccc(-c2ccc(Oc3ccc(S(=O)(=O)c4ccc(C)cc4)cc3)cc2OC)cc1. The van der Waals surface area contributed by atoms with Crippen LogP contribution in [0.5, 0.6) is 23.0 Å². The summed E-state index contributed by atoms with van der Waals surface area (Å²) in [7, 11) is -0.343. The molecule has 168 valence electrons. The van der Waals surface area contributed by atoms with Crippen molar-refractivity contribution in [1.82, 2.24) is 0 Å². The average Bonchev–Trinajstić information content (AvgIpc) is 2.84. The van der Waals surface area contributed by atoms with E-state index in [0.717, 1.165) is 22.4 Å². The summed E-state index contributed by atoms with van der Waals surface area (Å²) in [5, 5.41) is 0. The fourth-order valence-corrected chi connectivity index (χ4v) is 4.68. The molecule has 0 heterocycles. The molecule has 33 heavy (non-hydrogen) atoms. The van der Waals surface area contributed by atoms with E-state index < -0.39 is 9.84 Å². The first-order chi connectivity index (χ1) is 15.9. The summed E-state index contributed by atoms with van der Waals surface area (Å²) in [6, 6.07) is 26.5. The van der Waals surface area contributed by atoms with Crippen LogP contribution in [0.4, 0.5) is 0 Å². The summed E-state index contributed by atoms with van der Waals surface area (Å²) in [5.41, 5.74) is 2.92. The van der Waals surface area contributed by atoms with E-state index in [2.05, 4.69) is 0 Å². The summed E-state index contributed by atoms with van der Waals surface area (Å²) >= 11 is 0. The molecule has 0 saturated carbocycles. The van der Waals surface area contributed by atoms with Crippen molar-refractivity contribution in [3.8, 4) is 34.1 Å². The number of aryl methyl sites for hydroxylation is 1. The lowest BCUT2D eigenvalue weighted by atomic mass is 10.0. The number of sulfone groups is 1. The molecule has 4 aromatic rings. The van der Waals surface area contributed by atoms with Crippen LogP contribution in [0.1, 0.15) is 5.56 Å². The van der Waals surface area contributed by atoms with Gasteiger partial charge in [0.25, 0.3) is 0 Å². The zero-order chi connectivity index (χ0) is 23.4. The molecule has 5 nitrogen and oxygen atoms in total. The van der Waals surface area contributed by atoms with E-state index >= 15 is 0 Å². The van der Waals surface area contributed by atoms with Gasteiger partial charge in [-0.1, -0.05) is 29.8 Å². The lowest BCUT2D eigenvalue weighted by Gasteiger charge is -2.13. The van der Waals surface area contributed by atoms with Gasteiger partial charge in [0.2, 0.25) is 9.84 Å². The largest absolute Gasteiger partial charge is 0.497 e. The maximum absolute atomic E-state index is 12.8. The Balaban J connectivity index is 1.54. The van der Waals surface area contributed by atoms with E-state index in [9.17, 15) is 8.42 Å². The predicted octanol–water partition coefficient (Wildman–Crippen LogP) is 6.30. The quantitative estimate of drug-likeness (QED) is 0.324. The first-order valence-corrected chi connectivity index (χ1v) is 11.8. The fourth-order valence-electron chi connectivity index (χ4n) is 3.42. The standard InChI is InChI=1S/C27H24O5S/c1-19-4-13-24(14-5-19)33(28,29)25-15-10-22(11-16-25)32-23-12-17-26(27(18-23)31-3)20-6-8-21(30-2)9-7-20/h4-18H,1-3H3. The smallest absolute Gasteiger partial charge is 0.206 e. The van der Waals surface area contributed by atoms with Gasteiger partial charge < -0.3 is 14.2 Å². The lowest BCUT2D eigenvalue weighted by Crippen LogP contribution is -2.01. The first-order valence-electron chi connectivity index (χ1n) is 10.3. The molecule has 4 rings (SSSR count). The molecule has 0 N–H and O–H groups in total. The molecule has 0 spiro atoms. The molecule has 0 amide bonds. The topological polar surface area (TPSA) is 61.8 Å². The highest BCUT2D eigenvalue weighted by molar-refractivity contribution is 7.91. The van der Waals surface area contributed by atoms with Gasteiger partial charge in [-0.05, 0) is 73.2 Å². The Labute approximate surface area is 194 Å². The molecule has 0 aliphatic carbocycles. The monoisotopic (exact) mass is 460 g/mol. The zero-order valence-electron chi connectivity index (χ0n) is 18.6. The molecule has 0 unspecified atom stereocenters. The molecule has 0 bridgehead atoms. The molecule has 4 aromatic carbocycles. The molecule has 0 saturated heterocycles. The van der Waals surface area contributed by atoms with E-state index in [0.29, 0.717) is 17.2 Å². The Morgan fingerprint density at radius 1 is 0.606 bits per heavy atom. The number of methoxy groups -OCH3 is 2. The number of ether oxygens (including phenoxy) is 3. The van der Waals surface area contributed by atoms with Gasteiger partial charge in [-0.15, -0.1) is 0 Å². The molecule has 0 aliphatic rings. The highest BCUT2D eigenvalue weighted by atomic mass is 32.2. The Kier molecular flexibility index (Phi) is 6.38.